The normalized spacial score (nSPS) is 19.8. The van der Waals surface area contributed by atoms with Crippen molar-refractivity contribution in [3.8, 4) is 0 Å². The fraction of sp³-hybridized carbons (Fsp3) is 0.650. The predicted octanol–water partition coefficient (Wildman–Crippen LogP) is 4.20. The monoisotopic (exact) mass is 402 g/mol. The minimum absolute atomic E-state index is 0.0764. The van der Waals surface area contributed by atoms with Gasteiger partial charge in [-0.05, 0) is 43.9 Å². The van der Waals surface area contributed by atoms with E-state index in [1.165, 1.54) is 38.5 Å². The van der Waals surface area contributed by atoms with Crippen LogP contribution in [0.1, 0.15) is 51.4 Å². The van der Waals surface area contributed by atoms with Crippen LogP contribution >= 0.6 is 11.6 Å². The Balaban J connectivity index is 0.000000244. The topological polar surface area (TPSA) is 64.4 Å². The van der Waals surface area contributed by atoms with Crippen LogP contribution in [0.2, 0.25) is 5.02 Å². The molecule has 2 fully saturated rings. The van der Waals surface area contributed by atoms with Gasteiger partial charge in [-0.3, -0.25) is 4.79 Å². The number of nitrogens with one attached hydrogen (secondary N) is 1. The first-order chi connectivity index (χ1) is 12.9. The molecule has 1 aliphatic carbocycles. The first kappa shape index (κ1) is 22.1. The van der Waals surface area contributed by atoms with Gasteiger partial charge in [-0.2, -0.15) is 0 Å². The average molecular weight is 403 g/mol. The summed E-state index contributed by atoms with van der Waals surface area (Å²) in [7, 11) is 0. The number of carbonyl (C=O) groups excluding carboxylic acids is 1. The van der Waals surface area contributed by atoms with Crippen molar-refractivity contribution in [3.05, 3.63) is 34.9 Å². The maximum atomic E-state index is 12.1. The van der Waals surface area contributed by atoms with Gasteiger partial charge in [0.05, 0.1) is 0 Å². The van der Waals surface area contributed by atoms with Gasteiger partial charge in [-0.25, -0.2) is 8.78 Å². The largest absolute Gasteiger partial charge is 0.381 e. The van der Waals surface area contributed by atoms with Crippen molar-refractivity contribution >= 4 is 17.5 Å². The molecule has 0 aromatic heterocycles. The van der Waals surface area contributed by atoms with Gasteiger partial charge < -0.3 is 15.8 Å². The Bertz CT molecular complexity index is 553. The van der Waals surface area contributed by atoms with E-state index < -0.39 is 17.2 Å². The molecule has 152 valence electrons. The van der Waals surface area contributed by atoms with E-state index in [2.05, 4.69) is 5.32 Å². The molecular formula is C20H29ClF2N2O2. The van der Waals surface area contributed by atoms with Crippen molar-refractivity contribution in [1.82, 2.24) is 5.32 Å². The molecule has 1 aromatic carbocycles. The number of hydrogen-bond acceptors (Lipinski definition) is 3. The van der Waals surface area contributed by atoms with Crippen LogP contribution in [0.3, 0.4) is 0 Å². The van der Waals surface area contributed by atoms with Gasteiger partial charge in [0.2, 0.25) is 5.91 Å². The van der Waals surface area contributed by atoms with E-state index in [0.29, 0.717) is 26.1 Å². The molecule has 2 aliphatic rings. The van der Waals surface area contributed by atoms with Crippen LogP contribution in [-0.4, -0.2) is 31.2 Å². The van der Waals surface area contributed by atoms with Crippen molar-refractivity contribution < 1.29 is 18.3 Å². The summed E-state index contributed by atoms with van der Waals surface area (Å²) in [4.78, 5) is 11.7. The molecule has 27 heavy (non-hydrogen) atoms. The van der Waals surface area contributed by atoms with Crippen molar-refractivity contribution in [1.29, 1.82) is 0 Å². The second kappa shape index (κ2) is 10.9. The molecule has 1 saturated heterocycles. The summed E-state index contributed by atoms with van der Waals surface area (Å²) in [6.45, 7) is 2.19. The molecule has 0 unspecified atom stereocenters. The van der Waals surface area contributed by atoms with Gasteiger partial charge in [-0.15, -0.1) is 0 Å². The third kappa shape index (κ3) is 7.35. The van der Waals surface area contributed by atoms with Crippen LogP contribution in [0, 0.1) is 17.6 Å². The zero-order valence-corrected chi connectivity index (χ0v) is 16.4. The molecule has 1 heterocycles. The number of amides is 1. The second-order valence-corrected chi connectivity index (χ2v) is 7.80. The molecule has 3 N–H and O–H groups in total. The summed E-state index contributed by atoms with van der Waals surface area (Å²) in [5.74, 6) is -0.675. The smallest absolute Gasteiger partial charge is 0.237 e. The van der Waals surface area contributed by atoms with Crippen LogP contribution in [0.15, 0.2) is 18.2 Å². The molecule has 0 bridgehead atoms. The first-order valence-corrected chi connectivity index (χ1v) is 10.0. The molecule has 4 nitrogen and oxygen atoms in total. The Morgan fingerprint density at radius 3 is 2.26 bits per heavy atom. The Labute approximate surface area is 164 Å². The number of nitrogens with two attached hydrogens (primary N) is 1. The molecule has 1 aromatic rings. The summed E-state index contributed by atoms with van der Waals surface area (Å²) in [6.07, 6.45) is 9.46. The van der Waals surface area contributed by atoms with E-state index in [0.717, 1.165) is 30.7 Å². The Morgan fingerprint density at radius 1 is 1.15 bits per heavy atom. The highest BCUT2D eigenvalue weighted by Gasteiger charge is 2.37. The van der Waals surface area contributed by atoms with E-state index in [1.54, 1.807) is 0 Å². The number of carbonyl (C=O) groups is 1. The predicted molar refractivity (Wildman–Crippen MR) is 103 cm³/mol. The Kier molecular flexibility index (Phi) is 8.93. The highest BCUT2D eigenvalue weighted by Crippen LogP contribution is 2.27. The van der Waals surface area contributed by atoms with Crippen LogP contribution in [0.4, 0.5) is 8.78 Å². The lowest BCUT2D eigenvalue weighted by molar-refractivity contribution is -0.128. The van der Waals surface area contributed by atoms with Crippen molar-refractivity contribution in [2.75, 3.05) is 19.8 Å². The molecular weight excluding hydrogens is 374 g/mol. The van der Waals surface area contributed by atoms with Crippen molar-refractivity contribution in [2.24, 2.45) is 11.7 Å². The maximum absolute atomic E-state index is 12.1. The summed E-state index contributed by atoms with van der Waals surface area (Å²) in [5, 5.41) is 3.50. The van der Waals surface area contributed by atoms with Crippen LogP contribution in [0.5, 0.6) is 0 Å². The highest BCUT2D eigenvalue weighted by molar-refractivity contribution is 6.30. The zero-order valence-electron chi connectivity index (χ0n) is 15.6. The van der Waals surface area contributed by atoms with Gasteiger partial charge in [0.15, 0.2) is 0 Å². The van der Waals surface area contributed by atoms with E-state index in [4.69, 9.17) is 22.1 Å². The third-order valence-corrected chi connectivity index (χ3v) is 5.60. The first-order valence-electron chi connectivity index (χ1n) is 9.65. The molecule has 0 radical (unpaired) electrons. The molecule has 3 rings (SSSR count). The third-order valence-electron chi connectivity index (χ3n) is 5.39. The van der Waals surface area contributed by atoms with Gasteiger partial charge in [0, 0.05) is 24.3 Å². The zero-order chi connectivity index (χ0) is 19.7. The molecule has 1 amide bonds. The highest BCUT2D eigenvalue weighted by atomic mass is 35.5. The molecule has 0 atom stereocenters. The van der Waals surface area contributed by atoms with E-state index in [-0.39, 0.29) is 10.9 Å². The lowest BCUT2D eigenvalue weighted by Gasteiger charge is -2.35. The molecule has 1 aliphatic heterocycles. The van der Waals surface area contributed by atoms with E-state index in [1.807, 2.05) is 0 Å². The quantitative estimate of drug-likeness (QED) is 0.775. The number of halogens is 3. The second-order valence-electron chi connectivity index (χ2n) is 7.37. The van der Waals surface area contributed by atoms with Crippen molar-refractivity contribution in [2.45, 2.75) is 56.9 Å². The van der Waals surface area contributed by atoms with Gasteiger partial charge in [0.25, 0.3) is 0 Å². The fourth-order valence-corrected chi connectivity index (χ4v) is 3.95. The van der Waals surface area contributed by atoms with Crippen LogP contribution in [0.25, 0.3) is 0 Å². The number of benzene rings is 1. The van der Waals surface area contributed by atoms with Gasteiger partial charge in [-0.1, -0.05) is 43.7 Å². The number of primary amides is 1. The molecule has 7 heteroatoms. The van der Waals surface area contributed by atoms with Gasteiger partial charge >= 0.3 is 0 Å². The average Bonchev–Trinajstić information content (AvgIpc) is 2.63. The number of rotatable bonds is 5. The lowest BCUT2D eigenvalue weighted by atomic mass is 9.85. The summed E-state index contributed by atoms with van der Waals surface area (Å²) >= 11 is 5.27. The van der Waals surface area contributed by atoms with E-state index >= 15 is 0 Å². The Hall–Kier alpha value is -1.24. The minimum Gasteiger partial charge on any atom is -0.381 e. The van der Waals surface area contributed by atoms with Crippen LogP contribution < -0.4 is 11.1 Å². The van der Waals surface area contributed by atoms with Crippen LogP contribution in [-0.2, 0) is 9.53 Å². The number of ether oxygens (including phenoxy) is 1. The summed E-state index contributed by atoms with van der Waals surface area (Å²) in [5.41, 5.74) is 5.06. The summed E-state index contributed by atoms with van der Waals surface area (Å²) in [6, 6.07) is 2.86. The minimum atomic E-state index is -0.653. The number of hydrogen-bond donors (Lipinski definition) is 2. The fourth-order valence-electron chi connectivity index (χ4n) is 3.74. The Morgan fingerprint density at radius 2 is 1.74 bits per heavy atom. The molecule has 0 spiro atoms. The van der Waals surface area contributed by atoms with Crippen molar-refractivity contribution in [3.63, 3.8) is 0 Å². The lowest BCUT2D eigenvalue weighted by Crippen LogP contribution is -2.58. The SMILES string of the molecule is Fc1cc(F)cc(Cl)c1.NC(=O)C1(NCCC2CCCCC2)CCOCC1. The maximum Gasteiger partial charge on any atom is 0.237 e. The van der Waals surface area contributed by atoms with E-state index in [9.17, 15) is 13.6 Å². The molecule has 1 saturated carbocycles. The van der Waals surface area contributed by atoms with Gasteiger partial charge in [0.1, 0.15) is 17.2 Å². The summed E-state index contributed by atoms with van der Waals surface area (Å²) < 4.78 is 29.5. The standard InChI is InChI=1S/C14H26N2O2.C6H3ClF2/c15-13(17)14(7-10-18-11-8-14)16-9-6-12-4-2-1-3-5-12;7-4-1-5(8)3-6(9)2-4/h12,16H,1-11H2,(H2,15,17);1-3H.